The summed E-state index contributed by atoms with van der Waals surface area (Å²) in [6.45, 7) is 2.41. The Morgan fingerprint density at radius 2 is 2.00 bits per heavy atom. The van der Waals surface area contributed by atoms with Crippen molar-refractivity contribution in [1.29, 1.82) is 0 Å². The molecule has 4 aromatic rings. The van der Waals surface area contributed by atoms with Crippen LogP contribution in [0.3, 0.4) is 0 Å². The summed E-state index contributed by atoms with van der Waals surface area (Å²) in [5.41, 5.74) is 2.28. The van der Waals surface area contributed by atoms with Crippen LogP contribution < -0.4 is 5.32 Å². The third-order valence-electron chi connectivity index (χ3n) is 4.54. The van der Waals surface area contributed by atoms with E-state index in [2.05, 4.69) is 15.5 Å². The molecule has 158 valence electrons. The number of furan rings is 1. The molecule has 0 atom stereocenters. The van der Waals surface area contributed by atoms with Gasteiger partial charge < -0.3 is 9.73 Å². The van der Waals surface area contributed by atoms with Crippen LogP contribution in [0.2, 0.25) is 5.02 Å². The number of halogens is 2. The van der Waals surface area contributed by atoms with Gasteiger partial charge in [-0.1, -0.05) is 53.7 Å². The van der Waals surface area contributed by atoms with E-state index in [1.165, 1.54) is 23.9 Å². The number of nitrogens with one attached hydrogen (secondary N) is 1. The van der Waals surface area contributed by atoms with Crippen LogP contribution in [0.15, 0.2) is 70.4 Å². The fourth-order valence-electron chi connectivity index (χ4n) is 3.03. The molecule has 0 saturated heterocycles. The van der Waals surface area contributed by atoms with Crippen LogP contribution in [-0.4, -0.2) is 26.4 Å². The number of aryl methyl sites for hydroxylation is 1. The molecule has 2 aromatic heterocycles. The molecule has 2 aromatic carbocycles. The summed E-state index contributed by atoms with van der Waals surface area (Å²) >= 11 is 7.24. The molecule has 0 bridgehead atoms. The maximum absolute atomic E-state index is 13.2. The molecular weight excluding hydrogens is 439 g/mol. The Morgan fingerprint density at radius 3 is 2.71 bits per heavy atom. The van der Waals surface area contributed by atoms with E-state index in [4.69, 9.17) is 16.0 Å². The van der Waals surface area contributed by atoms with Crippen LogP contribution in [-0.2, 0) is 11.3 Å². The molecule has 1 N–H and O–H groups in total. The molecule has 2 heterocycles. The lowest BCUT2D eigenvalue weighted by atomic mass is 10.2. The molecule has 31 heavy (non-hydrogen) atoms. The van der Waals surface area contributed by atoms with Gasteiger partial charge in [0.05, 0.1) is 34.8 Å². The van der Waals surface area contributed by atoms with E-state index in [-0.39, 0.29) is 16.7 Å². The lowest BCUT2D eigenvalue weighted by Crippen LogP contribution is -2.15. The van der Waals surface area contributed by atoms with Gasteiger partial charge in [-0.2, -0.15) is 0 Å². The highest BCUT2D eigenvalue weighted by molar-refractivity contribution is 7.99. The van der Waals surface area contributed by atoms with Crippen molar-refractivity contribution in [3.05, 3.63) is 83.0 Å². The highest BCUT2D eigenvalue weighted by Crippen LogP contribution is 2.28. The van der Waals surface area contributed by atoms with Gasteiger partial charge in [-0.25, -0.2) is 4.39 Å². The van der Waals surface area contributed by atoms with Gasteiger partial charge in [-0.3, -0.25) is 9.36 Å². The highest BCUT2D eigenvalue weighted by Gasteiger charge is 2.19. The molecule has 9 heteroatoms. The zero-order valence-electron chi connectivity index (χ0n) is 16.5. The molecule has 1 amide bonds. The molecular formula is C22H18ClFN4O2S. The second kappa shape index (κ2) is 9.36. The van der Waals surface area contributed by atoms with Gasteiger partial charge in [-0.15, -0.1) is 10.2 Å². The fourth-order valence-corrected chi connectivity index (χ4v) is 3.98. The second-order valence-electron chi connectivity index (χ2n) is 6.73. The smallest absolute Gasteiger partial charge is 0.234 e. The molecule has 0 spiro atoms. The minimum absolute atomic E-state index is 0.0883. The van der Waals surface area contributed by atoms with Gasteiger partial charge in [0.25, 0.3) is 0 Å². The number of rotatable bonds is 7. The fraction of sp³-hybridized carbons (Fsp3) is 0.136. The van der Waals surface area contributed by atoms with Gasteiger partial charge in [0.15, 0.2) is 11.0 Å². The largest absolute Gasteiger partial charge is 0.469 e. The quantitative estimate of drug-likeness (QED) is 0.376. The summed E-state index contributed by atoms with van der Waals surface area (Å²) < 4.78 is 20.6. The molecule has 0 unspecified atom stereocenters. The number of aromatic nitrogens is 3. The van der Waals surface area contributed by atoms with Gasteiger partial charge in [-0.05, 0) is 36.8 Å². The van der Waals surface area contributed by atoms with Crippen LogP contribution in [0, 0.1) is 12.7 Å². The molecule has 6 nitrogen and oxygen atoms in total. The summed E-state index contributed by atoms with van der Waals surface area (Å²) in [6.07, 6.45) is 1.61. The van der Waals surface area contributed by atoms with Crippen LogP contribution >= 0.6 is 23.4 Å². The van der Waals surface area contributed by atoms with Crippen LogP contribution in [0.5, 0.6) is 0 Å². The first-order chi connectivity index (χ1) is 15.0. The van der Waals surface area contributed by atoms with Crippen molar-refractivity contribution in [2.24, 2.45) is 0 Å². The predicted molar refractivity (Wildman–Crippen MR) is 119 cm³/mol. The molecule has 0 aliphatic heterocycles. The molecule has 0 aliphatic carbocycles. The number of hydrogen-bond donors (Lipinski definition) is 1. The number of hydrogen-bond acceptors (Lipinski definition) is 5. The van der Waals surface area contributed by atoms with Crippen LogP contribution in [0.4, 0.5) is 10.1 Å². The Hall–Kier alpha value is -3.10. The molecule has 0 saturated carbocycles. The average Bonchev–Trinajstić information content (AvgIpc) is 3.35. The SMILES string of the molecule is Cc1occc1-c1nnc(SCC(=O)Nc2ccc(F)cc2Cl)n1Cc1ccccc1. The Balaban J connectivity index is 1.54. The van der Waals surface area contributed by atoms with Crippen molar-refractivity contribution in [1.82, 2.24) is 14.8 Å². The summed E-state index contributed by atoms with van der Waals surface area (Å²) in [4.78, 5) is 12.4. The van der Waals surface area contributed by atoms with E-state index in [1.807, 2.05) is 47.9 Å². The number of benzene rings is 2. The average molecular weight is 457 g/mol. The Bertz CT molecular complexity index is 1210. The maximum atomic E-state index is 13.2. The number of nitrogens with zero attached hydrogens (tertiary/aromatic N) is 3. The lowest BCUT2D eigenvalue weighted by Gasteiger charge is -2.11. The van der Waals surface area contributed by atoms with Gasteiger partial charge >= 0.3 is 0 Å². The lowest BCUT2D eigenvalue weighted by molar-refractivity contribution is -0.113. The van der Waals surface area contributed by atoms with Gasteiger partial charge in [0.1, 0.15) is 11.6 Å². The Kier molecular flexibility index (Phi) is 6.39. The van der Waals surface area contributed by atoms with Gasteiger partial charge in [0, 0.05) is 0 Å². The Labute approximate surface area is 187 Å². The summed E-state index contributed by atoms with van der Waals surface area (Å²) in [5, 5.41) is 12.1. The standard InChI is InChI=1S/C22H18ClFN4O2S/c1-14-17(9-10-30-14)21-26-27-22(28(21)12-15-5-3-2-4-6-15)31-13-20(29)25-19-8-7-16(24)11-18(19)23/h2-11H,12-13H2,1H3,(H,25,29). The van der Waals surface area contributed by atoms with E-state index >= 15 is 0 Å². The summed E-state index contributed by atoms with van der Waals surface area (Å²) in [6, 6.07) is 15.6. The zero-order valence-corrected chi connectivity index (χ0v) is 18.1. The molecule has 4 rings (SSSR count). The number of anilines is 1. The summed E-state index contributed by atoms with van der Waals surface area (Å²) in [7, 11) is 0. The van der Waals surface area contributed by atoms with Crippen molar-refractivity contribution in [3.63, 3.8) is 0 Å². The Morgan fingerprint density at radius 1 is 1.19 bits per heavy atom. The highest BCUT2D eigenvalue weighted by atomic mass is 35.5. The first-order valence-corrected chi connectivity index (χ1v) is 10.8. The van der Waals surface area contributed by atoms with E-state index in [1.54, 1.807) is 6.26 Å². The van der Waals surface area contributed by atoms with Crippen molar-refractivity contribution in [2.75, 3.05) is 11.1 Å². The first kappa shape index (κ1) is 21.1. The van der Waals surface area contributed by atoms with Crippen molar-refractivity contribution in [2.45, 2.75) is 18.6 Å². The normalized spacial score (nSPS) is 10.9. The minimum Gasteiger partial charge on any atom is -0.469 e. The topological polar surface area (TPSA) is 72.9 Å². The second-order valence-corrected chi connectivity index (χ2v) is 8.08. The number of thioether (sulfide) groups is 1. The molecule has 0 radical (unpaired) electrons. The van der Waals surface area contributed by atoms with Gasteiger partial charge in [0.2, 0.25) is 5.91 Å². The van der Waals surface area contributed by atoms with E-state index in [9.17, 15) is 9.18 Å². The molecule has 0 aliphatic rings. The predicted octanol–water partition coefficient (Wildman–Crippen LogP) is 5.42. The van der Waals surface area contributed by atoms with Crippen molar-refractivity contribution in [3.8, 4) is 11.4 Å². The zero-order chi connectivity index (χ0) is 21.8. The maximum Gasteiger partial charge on any atom is 0.234 e. The van der Waals surface area contributed by atoms with Crippen molar-refractivity contribution < 1.29 is 13.6 Å². The monoisotopic (exact) mass is 456 g/mol. The van der Waals surface area contributed by atoms with Crippen LogP contribution in [0.1, 0.15) is 11.3 Å². The van der Waals surface area contributed by atoms with E-state index in [0.717, 1.165) is 23.0 Å². The van der Waals surface area contributed by atoms with E-state index in [0.29, 0.717) is 23.2 Å². The van der Waals surface area contributed by atoms with Crippen molar-refractivity contribution >= 4 is 35.0 Å². The third kappa shape index (κ3) is 4.98. The molecule has 0 fully saturated rings. The number of carbonyl (C=O) groups excluding carboxylic acids is 1. The summed E-state index contributed by atoms with van der Waals surface area (Å²) in [5.74, 6) is 0.745. The first-order valence-electron chi connectivity index (χ1n) is 9.40. The minimum atomic E-state index is -0.464. The number of carbonyl (C=O) groups is 1. The third-order valence-corrected chi connectivity index (χ3v) is 5.82. The van der Waals surface area contributed by atoms with E-state index < -0.39 is 5.82 Å². The van der Waals surface area contributed by atoms with Crippen LogP contribution in [0.25, 0.3) is 11.4 Å². The number of amides is 1.